The van der Waals surface area contributed by atoms with Crippen LogP contribution < -0.4 is 20.1 Å². The zero-order valence-corrected chi connectivity index (χ0v) is 16.7. The quantitative estimate of drug-likeness (QED) is 0.677. The first kappa shape index (κ1) is 20.6. The first-order valence-corrected chi connectivity index (χ1v) is 9.34. The summed E-state index contributed by atoms with van der Waals surface area (Å²) in [5.41, 5.74) is 1.58. The van der Waals surface area contributed by atoms with Crippen molar-refractivity contribution in [1.29, 1.82) is 0 Å². The third-order valence-electron chi connectivity index (χ3n) is 3.79. The van der Waals surface area contributed by atoms with Gasteiger partial charge in [0.25, 0.3) is 0 Å². The van der Waals surface area contributed by atoms with Crippen molar-refractivity contribution in [3.05, 3.63) is 48.0 Å². The highest BCUT2D eigenvalue weighted by atomic mass is 32.2. The third-order valence-corrected chi connectivity index (χ3v) is 4.91. The van der Waals surface area contributed by atoms with Crippen LogP contribution in [0, 0.1) is 0 Å². The Morgan fingerprint density at radius 1 is 1.07 bits per heavy atom. The number of thioether (sulfide) groups is 1. The number of para-hydroxylation sites is 1. The van der Waals surface area contributed by atoms with Crippen LogP contribution in [0.2, 0.25) is 0 Å². The zero-order valence-electron chi connectivity index (χ0n) is 15.9. The van der Waals surface area contributed by atoms with Crippen molar-refractivity contribution >= 4 is 29.3 Å². The molecule has 27 heavy (non-hydrogen) atoms. The van der Waals surface area contributed by atoms with Gasteiger partial charge in [-0.1, -0.05) is 12.1 Å². The standard InChI is InChI=1S/C20H24N2O4S/c1-13(27-17-10-8-16(9-11-17)22-14(2)23)20(24)21-12-15-6-5-7-18(25-3)19(15)26-4/h5-11,13H,12H2,1-4H3,(H,21,24)(H,22,23). The van der Waals surface area contributed by atoms with Crippen molar-refractivity contribution in [3.8, 4) is 11.5 Å². The van der Waals surface area contributed by atoms with Gasteiger partial charge >= 0.3 is 0 Å². The number of anilines is 1. The molecule has 2 aromatic rings. The van der Waals surface area contributed by atoms with Gasteiger partial charge in [-0.3, -0.25) is 9.59 Å². The minimum atomic E-state index is -0.270. The minimum absolute atomic E-state index is 0.0733. The number of hydrogen-bond donors (Lipinski definition) is 2. The van der Waals surface area contributed by atoms with Gasteiger partial charge in [-0.2, -0.15) is 0 Å². The molecule has 2 N–H and O–H groups in total. The lowest BCUT2D eigenvalue weighted by Crippen LogP contribution is -2.30. The van der Waals surface area contributed by atoms with Gasteiger partial charge in [0.15, 0.2) is 11.5 Å². The van der Waals surface area contributed by atoms with Crippen molar-refractivity contribution in [2.24, 2.45) is 0 Å². The van der Waals surface area contributed by atoms with Gasteiger partial charge < -0.3 is 20.1 Å². The molecule has 6 nitrogen and oxygen atoms in total. The number of ether oxygens (including phenoxy) is 2. The summed E-state index contributed by atoms with van der Waals surface area (Å²) in [4.78, 5) is 24.4. The lowest BCUT2D eigenvalue weighted by molar-refractivity contribution is -0.120. The Kier molecular flexibility index (Phi) is 7.55. The molecular weight excluding hydrogens is 364 g/mol. The van der Waals surface area contributed by atoms with Crippen molar-refractivity contribution in [2.45, 2.75) is 30.5 Å². The average Bonchev–Trinajstić information content (AvgIpc) is 2.66. The molecule has 2 amide bonds. The van der Waals surface area contributed by atoms with Crippen LogP contribution in [0.3, 0.4) is 0 Å². The average molecular weight is 388 g/mol. The summed E-state index contributed by atoms with van der Waals surface area (Å²) in [6.07, 6.45) is 0. The maximum absolute atomic E-state index is 12.4. The number of methoxy groups -OCH3 is 2. The largest absolute Gasteiger partial charge is 0.493 e. The smallest absolute Gasteiger partial charge is 0.233 e. The summed E-state index contributed by atoms with van der Waals surface area (Å²) in [5.74, 6) is 1.06. The number of rotatable bonds is 8. The van der Waals surface area contributed by atoms with E-state index in [4.69, 9.17) is 9.47 Å². The molecule has 7 heteroatoms. The Balaban J connectivity index is 1.93. The minimum Gasteiger partial charge on any atom is -0.493 e. The van der Waals surface area contributed by atoms with Crippen LogP contribution in [0.25, 0.3) is 0 Å². The second-order valence-corrected chi connectivity index (χ2v) is 7.25. The summed E-state index contributed by atoms with van der Waals surface area (Å²) < 4.78 is 10.7. The molecule has 144 valence electrons. The Labute approximate surface area is 163 Å². The molecule has 2 aromatic carbocycles. The monoisotopic (exact) mass is 388 g/mol. The molecule has 0 saturated heterocycles. The lowest BCUT2D eigenvalue weighted by atomic mass is 10.2. The fourth-order valence-electron chi connectivity index (χ4n) is 2.50. The van der Waals surface area contributed by atoms with Gasteiger partial charge in [0.2, 0.25) is 11.8 Å². The maximum atomic E-state index is 12.4. The van der Waals surface area contributed by atoms with Gasteiger partial charge in [0, 0.05) is 29.6 Å². The molecule has 0 fully saturated rings. The lowest BCUT2D eigenvalue weighted by Gasteiger charge is -2.15. The van der Waals surface area contributed by atoms with Crippen LogP contribution in [0.4, 0.5) is 5.69 Å². The van der Waals surface area contributed by atoms with Crippen LogP contribution in [0.15, 0.2) is 47.4 Å². The van der Waals surface area contributed by atoms with E-state index >= 15 is 0 Å². The van der Waals surface area contributed by atoms with E-state index in [1.54, 1.807) is 14.2 Å². The van der Waals surface area contributed by atoms with Gasteiger partial charge in [-0.05, 0) is 37.3 Å². The van der Waals surface area contributed by atoms with E-state index in [2.05, 4.69) is 10.6 Å². The van der Waals surface area contributed by atoms with E-state index in [9.17, 15) is 9.59 Å². The third kappa shape index (κ3) is 5.92. The summed E-state index contributed by atoms with van der Waals surface area (Å²) in [5, 5.41) is 5.38. The molecule has 1 unspecified atom stereocenters. The van der Waals surface area contributed by atoms with Gasteiger partial charge in [0.1, 0.15) is 0 Å². The van der Waals surface area contributed by atoms with Crippen molar-refractivity contribution in [3.63, 3.8) is 0 Å². The van der Waals surface area contributed by atoms with Crippen LogP contribution >= 0.6 is 11.8 Å². The van der Waals surface area contributed by atoms with E-state index in [-0.39, 0.29) is 17.1 Å². The van der Waals surface area contributed by atoms with Gasteiger partial charge in [0.05, 0.1) is 19.5 Å². The van der Waals surface area contributed by atoms with Crippen molar-refractivity contribution < 1.29 is 19.1 Å². The number of carbonyl (C=O) groups excluding carboxylic acids is 2. The molecule has 0 spiro atoms. The number of nitrogens with one attached hydrogen (secondary N) is 2. The van der Waals surface area contributed by atoms with E-state index < -0.39 is 0 Å². The molecule has 0 heterocycles. The number of hydrogen-bond acceptors (Lipinski definition) is 5. The second-order valence-electron chi connectivity index (χ2n) is 5.84. The normalized spacial score (nSPS) is 11.4. The van der Waals surface area contributed by atoms with E-state index in [1.807, 2.05) is 49.4 Å². The summed E-state index contributed by atoms with van der Waals surface area (Å²) in [6, 6.07) is 13.0. The van der Waals surface area contributed by atoms with E-state index in [0.29, 0.717) is 18.0 Å². The van der Waals surface area contributed by atoms with E-state index in [1.165, 1.54) is 18.7 Å². The summed E-state index contributed by atoms with van der Waals surface area (Å²) in [7, 11) is 3.16. The van der Waals surface area contributed by atoms with Crippen LogP contribution in [-0.4, -0.2) is 31.3 Å². The molecule has 0 aromatic heterocycles. The maximum Gasteiger partial charge on any atom is 0.233 e. The molecule has 0 saturated carbocycles. The summed E-state index contributed by atoms with van der Waals surface area (Å²) >= 11 is 1.45. The first-order chi connectivity index (χ1) is 12.9. The van der Waals surface area contributed by atoms with Crippen LogP contribution in [-0.2, 0) is 16.1 Å². The fraction of sp³-hybridized carbons (Fsp3) is 0.300. The highest BCUT2D eigenvalue weighted by molar-refractivity contribution is 8.00. The second kappa shape index (κ2) is 9.87. The molecule has 2 rings (SSSR count). The predicted molar refractivity (Wildman–Crippen MR) is 107 cm³/mol. The molecule has 0 aliphatic heterocycles. The Hall–Kier alpha value is -2.67. The highest BCUT2D eigenvalue weighted by Crippen LogP contribution is 2.30. The Morgan fingerprint density at radius 3 is 2.37 bits per heavy atom. The molecule has 0 aliphatic rings. The SMILES string of the molecule is COc1cccc(CNC(=O)C(C)Sc2ccc(NC(C)=O)cc2)c1OC. The summed E-state index contributed by atoms with van der Waals surface area (Å²) in [6.45, 7) is 3.67. The first-order valence-electron chi connectivity index (χ1n) is 8.46. The van der Waals surface area contributed by atoms with Crippen molar-refractivity contribution in [1.82, 2.24) is 5.32 Å². The molecule has 0 aliphatic carbocycles. The fourth-order valence-corrected chi connectivity index (χ4v) is 3.39. The van der Waals surface area contributed by atoms with Crippen LogP contribution in [0.1, 0.15) is 19.4 Å². The van der Waals surface area contributed by atoms with Crippen LogP contribution in [0.5, 0.6) is 11.5 Å². The van der Waals surface area contributed by atoms with Crippen molar-refractivity contribution in [2.75, 3.05) is 19.5 Å². The molecule has 1 atom stereocenters. The number of benzene rings is 2. The number of amides is 2. The number of carbonyl (C=O) groups is 2. The van der Waals surface area contributed by atoms with Gasteiger partial charge in [-0.15, -0.1) is 11.8 Å². The van der Waals surface area contributed by atoms with Gasteiger partial charge in [-0.25, -0.2) is 0 Å². The molecule has 0 radical (unpaired) electrons. The highest BCUT2D eigenvalue weighted by Gasteiger charge is 2.16. The Morgan fingerprint density at radius 2 is 1.78 bits per heavy atom. The topological polar surface area (TPSA) is 76.7 Å². The molecular formula is C20H24N2O4S. The Bertz CT molecular complexity index is 793. The van der Waals surface area contributed by atoms with E-state index in [0.717, 1.165) is 16.1 Å². The predicted octanol–water partition coefficient (Wildman–Crippen LogP) is 3.46. The molecule has 0 bridgehead atoms. The zero-order chi connectivity index (χ0) is 19.8.